The minimum atomic E-state index is -0.915. The van der Waals surface area contributed by atoms with Crippen LogP contribution in [0.2, 0.25) is 0 Å². The van der Waals surface area contributed by atoms with Crippen LogP contribution in [0.5, 0.6) is 0 Å². The lowest BCUT2D eigenvalue weighted by atomic mass is 9.97. The Bertz CT molecular complexity index is 2610. The van der Waals surface area contributed by atoms with Crippen molar-refractivity contribution in [1.82, 2.24) is 15.0 Å². The highest BCUT2D eigenvalue weighted by molar-refractivity contribution is 7.08. The molecule has 0 saturated carbocycles. The lowest BCUT2D eigenvalue weighted by Gasteiger charge is -2.16. The quantitative estimate of drug-likeness (QED) is 0.0485. The first-order valence-corrected chi connectivity index (χ1v) is 20.9. The smallest absolute Gasteiger partial charge is 0.346 e. The molecule has 4 aromatic heterocycles. The number of ether oxygens (including phenoxy) is 4. The van der Waals surface area contributed by atoms with Gasteiger partial charge in [0.05, 0.1) is 37.8 Å². The third-order valence-electron chi connectivity index (χ3n) is 9.91. The predicted molar refractivity (Wildman–Crippen MR) is 234 cm³/mol. The molecule has 61 heavy (non-hydrogen) atoms. The molecule has 0 atom stereocenters. The van der Waals surface area contributed by atoms with E-state index in [-0.39, 0.29) is 60.1 Å². The van der Waals surface area contributed by atoms with Crippen molar-refractivity contribution >= 4 is 57.5 Å². The number of fused-ring (bicyclic) bond motifs is 8. The van der Waals surface area contributed by atoms with Crippen molar-refractivity contribution in [3.8, 4) is 0 Å². The number of aromatic amines is 2. The van der Waals surface area contributed by atoms with Crippen molar-refractivity contribution in [3.63, 3.8) is 0 Å². The van der Waals surface area contributed by atoms with Gasteiger partial charge in [-0.15, -0.1) is 11.3 Å². The van der Waals surface area contributed by atoms with Crippen molar-refractivity contribution in [1.29, 1.82) is 0 Å². The first-order valence-electron chi connectivity index (χ1n) is 20.1. The summed E-state index contributed by atoms with van der Waals surface area (Å²) in [6, 6.07) is 32.9. The van der Waals surface area contributed by atoms with Crippen LogP contribution >= 0.6 is 11.3 Å². The third kappa shape index (κ3) is 8.66. The van der Waals surface area contributed by atoms with E-state index < -0.39 is 23.9 Å². The molecule has 12 heteroatoms. The zero-order chi connectivity index (χ0) is 43.2. The number of aryl methyl sites for hydroxylation is 2. The maximum atomic E-state index is 13.9. The molecule has 5 heterocycles. The van der Waals surface area contributed by atoms with Crippen LogP contribution in [-0.4, -0.2) is 65.3 Å². The van der Waals surface area contributed by atoms with Crippen molar-refractivity contribution in [3.05, 3.63) is 180 Å². The molecule has 0 spiro atoms. The highest BCUT2D eigenvalue weighted by Gasteiger charge is 2.33. The summed E-state index contributed by atoms with van der Waals surface area (Å²) in [4.78, 5) is 67.7. The van der Waals surface area contributed by atoms with Gasteiger partial charge in [-0.1, -0.05) is 65.7 Å². The van der Waals surface area contributed by atoms with Crippen LogP contribution in [-0.2, 0) is 38.1 Å². The summed E-state index contributed by atoms with van der Waals surface area (Å²) in [6.45, 7) is 10.6. The lowest BCUT2D eigenvalue weighted by molar-refractivity contribution is -0.148. The molecule has 2 aromatic carbocycles. The molecule has 1 aliphatic heterocycles. The molecule has 0 fully saturated rings. The first-order chi connectivity index (χ1) is 29.6. The molecule has 0 unspecified atom stereocenters. The number of carbonyl (C=O) groups excluding carboxylic acids is 4. The fraction of sp³-hybridized carbons (Fsp3) is 0.204. The monoisotopic (exact) mass is 835 g/mol. The summed E-state index contributed by atoms with van der Waals surface area (Å²) in [5.74, 6) is -3.66. The Kier molecular flexibility index (Phi) is 12.7. The van der Waals surface area contributed by atoms with Crippen molar-refractivity contribution in [2.75, 3.05) is 26.4 Å². The van der Waals surface area contributed by atoms with Gasteiger partial charge in [0.15, 0.2) is 11.1 Å². The second-order valence-corrected chi connectivity index (χ2v) is 15.1. The summed E-state index contributed by atoms with van der Waals surface area (Å²) in [6.07, 6.45) is 0. The van der Waals surface area contributed by atoms with E-state index in [1.807, 2.05) is 26.0 Å². The molecule has 8 bridgehead atoms. The van der Waals surface area contributed by atoms with Gasteiger partial charge in [-0.2, -0.15) is 0 Å². The van der Waals surface area contributed by atoms with Crippen LogP contribution in [0.25, 0.3) is 22.3 Å². The molecule has 2 N–H and O–H groups in total. The molecule has 310 valence electrons. The standard InChI is InChI=1S/C49H45N3O8S/c1-7-57-46(53)44(47(54)58-8-2)42-32-12-11-13-33(50-32)43(45(48(55)59-9-3)49(56)60-10-4)37-25-23-35(52-37)41(31-20-16-29(6)17-21-31)39-27-26-38(61-39)40(34-22-24-36(42)51-34)30-18-14-28(5)15-19-30/h11-27,51-52H,7-10H2,1-6H3/b40-38-,41-39-. The number of H-pyrrole nitrogens is 2. The van der Waals surface area contributed by atoms with Crippen LogP contribution in [0.1, 0.15) is 84.1 Å². The Labute approximate surface area is 357 Å². The SMILES string of the molecule is CCOC(=O)C(C(=O)OCC)=C1c2cccc(n2)C(=C(C(=O)OCC)C(=O)OCC)c2ccc([nH]2)/C(c2ccc(C)cc2)=c2/cc/c(s2)=C(\c2ccc(C)cc2)c2ccc1[nH]2. The Balaban J connectivity index is 1.70. The van der Waals surface area contributed by atoms with E-state index in [9.17, 15) is 19.2 Å². The Hall–Kier alpha value is -7.05. The Morgan fingerprint density at radius 3 is 1.16 bits per heavy atom. The highest BCUT2D eigenvalue weighted by atomic mass is 32.1. The maximum absolute atomic E-state index is 13.9. The van der Waals surface area contributed by atoms with Gasteiger partial charge in [0.1, 0.15) is 0 Å². The van der Waals surface area contributed by atoms with Gasteiger partial charge < -0.3 is 28.9 Å². The van der Waals surface area contributed by atoms with E-state index in [4.69, 9.17) is 23.9 Å². The van der Waals surface area contributed by atoms with Crippen molar-refractivity contribution < 1.29 is 38.1 Å². The summed E-state index contributed by atoms with van der Waals surface area (Å²) in [7, 11) is 0. The van der Waals surface area contributed by atoms with Gasteiger partial charge in [0.25, 0.3) is 0 Å². The summed E-state index contributed by atoms with van der Waals surface area (Å²) < 4.78 is 23.8. The molecule has 1 aliphatic rings. The number of pyridine rings is 1. The molecule has 6 aromatic rings. The van der Waals surface area contributed by atoms with E-state index in [1.54, 1.807) is 69.4 Å². The van der Waals surface area contributed by atoms with E-state index >= 15 is 0 Å². The normalized spacial score (nSPS) is 13.9. The predicted octanol–water partition coefficient (Wildman–Crippen LogP) is 7.08. The van der Waals surface area contributed by atoms with Gasteiger partial charge in [-0.05, 0) is 101 Å². The second kappa shape index (κ2) is 18.5. The molecular weight excluding hydrogens is 791 g/mol. The molecule has 11 nitrogen and oxygen atoms in total. The molecule has 7 rings (SSSR count). The van der Waals surface area contributed by atoms with Gasteiger partial charge in [-0.25, -0.2) is 24.2 Å². The van der Waals surface area contributed by atoms with Crippen LogP contribution in [0, 0.1) is 13.8 Å². The fourth-order valence-electron chi connectivity index (χ4n) is 7.18. The van der Waals surface area contributed by atoms with E-state index in [0.29, 0.717) is 22.8 Å². The number of benzene rings is 2. The fourth-order valence-corrected chi connectivity index (χ4v) is 8.35. The molecule has 0 amide bonds. The highest BCUT2D eigenvalue weighted by Crippen LogP contribution is 2.34. The number of esters is 4. The van der Waals surface area contributed by atoms with Crippen LogP contribution in [0.3, 0.4) is 0 Å². The first kappa shape index (κ1) is 42.1. The van der Waals surface area contributed by atoms with Crippen molar-refractivity contribution in [2.24, 2.45) is 0 Å². The van der Waals surface area contributed by atoms with E-state index in [0.717, 1.165) is 42.5 Å². The number of hydrogen-bond donors (Lipinski definition) is 2. The number of rotatable bonds is 10. The van der Waals surface area contributed by atoms with Crippen molar-refractivity contribution in [2.45, 2.75) is 41.5 Å². The molecule has 0 radical (unpaired) electrons. The minimum Gasteiger partial charge on any atom is -0.462 e. The number of carbonyl (C=O) groups is 4. The van der Waals surface area contributed by atoms with Gasteiger partial charge in [0.2, 0.25) is 0 Å². The van der Waals surface area contributed by atoms with Gasteiger partial charge >= 0.3 is 23.9 Å². The average Bonchev–Trinajstić information content (AvgIpc) is 4.04. The summed E-state index contributed by atoms with van der Waals surface area (Å²) in [5.41, 5.74) is 7.66. The Morgan fingerprint density at radius 2 is 0.820 bits per heavy atom. The average molecular weight is 836 g/mol. The number of nitrogens with one attached hydrogen (secondary N) is 2. The number of aromatic nitrogens is 3. The zero-order valence-electron chi connectivity index (χ0n) is 34.8. The summed E-state index contributed by atoms with van der Waals surface area (Å²) >= 11 is 1.59. The van der Waals surface area contributed by atoms with E-state index in [2.05, 4.69) is 70.6 Å². The molecule has 0 aliphatic carbocycles. The number of nitrogens with zero attached hydrogens (tertiary/aromatic N) is 1. The zero-order valence-corrected chi connectivity index (χ0v) is 35.6. The third-order valence-corrected chi connectivity index (χ3v) is 11.0. The topological polar surface area (TPSA) is 150 Å². The van der Waals surface area contributed by atoms with Crippen LogP contribution in [0.15, 0.2) is 114 Å². The largest absolute Gasteiger partial charge is 0.462 e. The minimum absolute atomic E-state index is 0.0173. The molecule has 0 saturated heterocycles. The van der Waals surface area contributed by atoms with Gasteiger partial charge in [-0.3, -0.25) is 0 Å². The number of hydrogen-bond acceptors (Lipinski definition) is 10. The number of thiophene rings is 1. The van der Waals surface area contributed by atoms with E-state index in [1.165, 1.54) is 0 Å². The van der Waals surface area contributed by atoms with Crippen LogP contribution < -0.4 is 9.06 Å². The molecular formula is C49H45N3O8S. The second-order valence-electron chi connectivity index (χ2n) is 14.0. The maximum Gasteiger partial charge on any atom is 0.346 e. The van der Waals surface area contributed by atoms with Gasteiger partial charge in [0, 0.05) is 54.1 Å². The lowest BCUT2D eigenvalue weighted by Crippen LogP contribution is -2.22. The Morgan fingerprint density at radius 1 is 0.475 bits per heavy atom. The summed E-state index contributed by atoms with van der Waals surface area (Å²) in [5, 5.41) is 0. The van der Waals surface area contributed by atoms with Crippen LogP contribution in [0.4, 0.5) is 0 Å².